The molecule has 3 rings (SSSR count). The third-order valence-corrected chi connectivity index (χ3v) is 5.28. The molecule has 1 heterocycles. The summed E-state index contributed by atoms with van der Waals surface area (Å²) < 4.78 is 5.92. The van der Waals surface area contributed by atoms with E-state index in [0.717, 1.165) is 29.5 Å². The quantitative estimate of drug-likeness (QED) is 0.326. The number of hydrogen-bond donors (Lipinski definition) is 1. The molecule has 0 aliphatic rings. The van der Waals surface area contributed by atoms with Crippen LogP contribution in [-0.4, -0.2) is 21.7 Å². The van der Waals surface area contributed by atoms with E-state index in [1.165, 1.54) is 6.20 Å². The normalized spacial score (nSPS) is 10.5. The van der Waals surface area contributed by atoms with Crippen LogP contribution in [0.1, 0.15) is 57.9 Å². The first-order valence-electron chi connectivity index (χ1n) is 10.6. The van der Waals surface area contributed by atoms with Crippen LogP contribution in [0.15, 0.2) is 60.3 Å². The van der Waals surface area contributed by atoms with Crippen molar-refractivity contribution < 1.29 is 14.3 Å². The van der Waals surface area contributed by atoms with Crippen molar-refractivity contribution in [2.24, 2.45) is 5.73 Å². The average Bonchev–Trinajstić information content (AvgIpc) is 2.77. The summed E-state index contributed by atoms with van der Waals surface area (Å²) >= 11 is 6.27. The second kappa shape index (κ2) is 10.9. The van der Waals surface area contributed by atoms with Gasteiger partial charge in [-0.3, -0.25) is 9.59 Å². The van der Waals surface area contributed by atoms with Gasteiger partial charge in [0.2, 0.25) is 11.8 Å². The van der Waals surface area contributed by atoms with E-state index in [1.807, 2.05) is 32.9 Å². The molecule has 3 aromatic rings. The van der Waals surface area contributed by atoms with E-state index >= 15 is 0 Å². The summed E-state index contributed by atoms with van der Waals surface area (Å²) in [6.07, 6.45) is 5.16. The summed E-state index contributed by atoms with van der Waals surface area (Å²) in [7, 11) is 0. The predicted octanol–water partition coefficient (Wildman–Crippen LogP) is 5.65. The van der Waals surface area contributed by atoms with Crippen molar-refractivity contribution in [2.45, 2.75) is 40.0 Å². The molecule has 2 N–H and O–H groups in total. The zero-order valence-corrected chi connectivity index (χ0v) is 19.6. The number of allylic oxidation sites excluding steroid dienone is 2. The number of carbonyl (C=O) groups excluding carboxylic acids is 2. The largest absolute Gasteiger partial charge is 0.437 e. The van der Waals surface area contributed by atoms with Crippen molar-refractivity contribution >= 4 is 23.3 Å². The summed E-state index contributed by atoms with van der Waals surface area (Å²) in [5.41, 5.74) is 9.37. The maximum atomic E-state index is 12.5. The number of aryl methyl sites for hydroxylation is 3. The lowest BCUT2D eigenvalue weighted by atomic mass is 10.00. The molecule has 0 aliphatic heterocycles. The fourth-order valence-corrected chi connectivity index (χ4v) is 3.44. The molecular formula is C26H26ClN3O3. The molecule has 1 aromatic heterocycles. The first-order valence-corrected chi connectivity index (χ1v) is 11.0. The average molecular weight is 464 g/mol. The standard InChI is InChI=1S/C26H26ClN3O3/c1-16(2)13-22(31)20-8-4-5-9-23(20)33-26-21(27)15-29-24(30-26)10-6-7-18-14-19(25(28)32)12-11-17(18)3/h4-5,8-9,11-15H,6-7,10H2,1-3H3,(H2,28,32). The number of aromatic nitrogens is 2. The minimum atomic E-state index is -0.442. The predicted molar refractivity (Wildman–Crippen MR) is 129 cm³/mol. The van der Waals surface area contributed by atoms with Crippen LogP contribution >= 0.6 is 11.6 Å². The Morgan fingerprint density at radius 2 is 1.88 bits per heavy atom. The van der Waals surface area contributed by atoms with Crippen LogP contribution in [0, 0.1) is 6.92 Å². The van der Waals surface area contributed by atoms with Gasteiger partial charge in [-0.2, -0.15) is 4.98 Å². The molecule has 1 amide bonds. The molecule has 33 heavy (non-hydrogen) atoms. The lowest BCUT2D eigenvalue weighted by Gasteiger charge is -2.11. The molecule has 0 radical (unpaired) electrons. The maximum absolute atomic E-state index is 12.5. The molecule has 170 valence electrons. The third kappa shape index (κ3) is 6.49. The minimum absolute atomic E-state index is 0.149. The van der Waals surface area contributed by atoms with Crippen molar-refractivity contribution in [1.29, 1.82) is 0 Å². The van der Waals surface area contributed by atoms with Gasteiger partial charge in [-0.05, 0) is 75.1 Å². The Morgan fingerprint density at radius 1 is 1.12 bits per heavy atom. The number of halogens is 1. The number of nitrogens with zero attached hydrogens (tertiary/aromatic N) is 2. The van der Waals surface area contributed by atoms with E-state index < -0.39 is 5.91 Å². The molecule has 6 nitrogen and oxygen atoms in total. The van der Waals surface area contributed by atoms with Gasteiger partial charge in [0.15, 0.2) is 5.78 Å². The number of rotatable bonds is 9. The molecule has 0 atom stereocenters. The number of nitrogens with two attached hydrogens (primary N) is 1. The molecule has 0 saturated carbocycles. The smallest absolute Gasteiger partial charge is 0.248 e. The topological polar surface area (TPSA) is 95.2 Å². The van der Waals surface area contributed by atoms with Crippen LogP contribution in [0.5, 0.6) is 11.6 Å². The van der Waals surface area contributed by atoms with Gasteiger partial charge in [-0.25, -0.2) is 4.98 Å². The highest BCUT2D eigenvalue weighted by molar-refractivity contribution is 6.31. The summed E-state index contributed by atoms with van der Waals surface area (Å²) in [5, 5.41) is 0.258. The van der Waals surface area contributed by atoms with Gasteiger partial charge in [-0.15, -0.1) is 0 Å². The minimum Gasteiger partial charge on any atom is -0.437 e. The monoisotopic (exact) mass is 463 g/mol. The van der Waals surface area contributed by atoms with Crippen molar-refractivity contribution in [3.05, 3.63) is 93.4 Å². The summed E-state index contributed by atoms with van der Waals surface area (Å²) in [6.45, 7) is 5.72. The first-order chi connectivity index (χ1) is 15.7. The molecular weight excluding hydrogens is 438 g/mol. The van der Waals surface area contributed by atoms with Crippen molar-refractivity contribution in [3.63, 3.8) is 0 Å². The number of hydrogen-bond acceptors (Lipinski definition) is 5. The second-order valence-corrected chi connectivity index (χ2v) is 8.39. The van der Waals surface area contributed by atoms with Crippen LogP contribution < -0.4 is 10.5 Å². The van der Waals surface area contributed by atoms with Crippen molar-refractivity contribution in [1.82, 2.24) is 9.97 Å². The number of carbonyl (C=O) groups is 2. The van der Waals surface area contributed by atoms with Crippen LogP contribution in [0.2, 0.25) is 5.02 Å². The van der Waals surface area contributed by atoms with Gasteiger partial charge >= 0.3 is 0 Å². The number of amides is 1. The number of benzene rings is 2. The molecule has 7 heteroatoms. The Labute approximate surface area is 198 Å². The van der Waals surface area contributed by atoms with Gasteiger partial charge in [0.25, 0.3) is 0 Å². The van der Waals surface area contributed by atoms with Crippen molar-refractivity contribution in [3.8, 4) is 11.6 Å². The van der Waals surface area contributed by atoms with E-state index in [2.05, 4.69) is 9.97 Å². The Balaban J connectivity index is 1.74. The van der Waals surface area contributed by atoms with Crippen LogP contribution in [0.4, 0.5) is 0 Å². The third-order valence-electron chi connectivity index (χ3n) is 5.02. The van der Waals surface area contributed by atoms with E-state index in [9.17, 15) is 9.59 Å². The highest BCUT2D eigenvalue weighted by Crippen LogP contribution is 2.30. The maximum Gasteiger partial charge on any atom is 0.248 e. The zero-order chi connectivity index (χ0) is 24.0. The lowest BCUT2D eigenvalue weighted by Crippen LogP contribution is -2.11. The number of ether oxygens (including phenoxy) is 1. The molecule has 0 fully saturated rings. The Morgan fingerprint density at radius 3 is 2.61 bits per heavy atom. The fraction of sp³-hybridized carbons (Fsp3) is 0.231. The summed E-state index contributed by atoms with van der Waals surface area (Å²) in [5.74, 6) is 0.565. The van der Waals surface area contributed by atoms with Gasteiger partial charge in [0.1, 0.15) is 16.6 Å². The van der Waals surface area contributed by atoms with Gasteiger partial charge < -0.3 is 10.5 Å². The van der Waals surface area contributed by atoms with Gasteiger partial charge in [0, 0.05) is 12.0 Å². The SMILES string of the molecule is CC(C)=CC(=O)c1ccccc1Oc1nc(CCCc2cc(C(N)=O)ccc2C)ncc1Cl. The molecule has 0 saturated heterocycles. The molecule has 0 unspecified atom stereocenters. The van der Waals surface area contributed by atoms with E-state index in [0.29, 0.717) is 29.1 Å². The highest BCUT2D eigenvalue weighted by Gasteiger charge is 2.14. The molecule has 0 bridgehead atoms. The Hall–Kier alpha value is -3.51. The van der Waals surface area contributed by atoms with Gasteiger partial charge in [-0.1, -0.05) is 35.4 Å². The fourth-order valence-electron chi connectivity index (χ4n) is 3.31. The number of ketones is 1. The Bertz CT molecular complexity index is 1220. The van der Waals surface area contributed by atoms with Crippen LogP contribution in [0.3, 0.4) is 0 Å². The number of para-hydroxylation sites is 1. The lowest BCUT2D eigenvalue weighted by molar-refractivity contribution is 0.0998. The van der Waals surface area contributed by atoms with E-state index in [-0.39, 0.29) is 16.7 Å². The number of primary amides is 1. The molecule has 0 spiro atoms. The second-order valence-electron chi connectivity index (χ2n) is 7.98. The van der Waals surface area contributed by atoms with E-state index in [4.69, 9.17) is 22.1 Å². The van der Waals surface area contributed by atoms with Crippen LogP contribution in [-0.2, 0) is 12.8 Å². The molecule has 2 aromatic carbocycles. The molecule has 0 aliphatic carbocycles. The van der Waals surface area contributed by atoms with Crippen LogP contribution in [0.25, 0.3) is 0 Å². The van der Waals surface area contributed by atoms with Crippen molar-refractivity contribution in [2.75, 3.05) is 0 Å². The summed E-state index contributed by atoms with van der Waals surface area (Å²) in [6, 6.07) is 12.4. The summed E-state index contributed by atoms with van der Waals surface area (Å²) in [4.78, 5) is 32.8. The Kier molecular flexibility index (Phi) is 7.96. The zero-order valence-electron chi connectivity index (χ0n) is 18.9. The highest BCUT2D eigenvalue weighted by atomic mass is 35.5. The first kappa shape index (κ1) is 24.1. The van der Waals surface area contributed by atoms with E-state index in [1.54, 1.807) is 36.4 Å². The van der Waals surface area contributed by atoms with Gasteiger partial charge in [0.05, 0.1) is 11.8 Å².